The normalized spacial score (nSPS) is 14.4. The molecular formula is C15H15FN4O. The zero-order valence-electron chi connectivity index (χ0n) is 11.6. The predicted molar refractivity (Wildman–Crippen MR) is 77.8 cm³/mol. The summed E-state index contributed by atoms with van der Waals surface area (Å²) in [5.41, 5.74) is 4.16. The van der Waals surface area contributed by atoms with Crippen molar-refractivity contribution in [1.82, 2.24) is 20.5 Å². The number of benzene rings is 1. The van der Waals surface area contributed by atoms with Gasteiger partial charge in [-0.1, -0.05) is 0 Å². The molecular weight excluding hydrogens is 271 g/mol. The first-order valence-corrected chi connectivity index (χ1v) is 6.90. The molecule has 3 aromatic rings. The number of H-pyrrole nitrogens is 2. The first kappa shape index (κ1) is 12.4. The lowest BCUT2D eigenvalue weighted by molar-refractivity contribution is 0.416. The van der Waals surface area contributed by atoms with Crippen molar-refractivity contribution in [3.63, 3.8) is 0 Å². The van der Waals surface area contributed by atoms with Gasteiger partial charge in [-0.25, -0.2) is 4.39 Å². The summed E-state index contributed by atoms with van der Waals surface area (Å²) in [6.07, 6.45) is 2.65. The number of hydrogen-bond donors (Lipinski definition) is 3. The highest BCUT2D eigenvalue weighted by molar-refractivity contribution is 5.98. The molecule has 6 heteroatoms. The summed E-state index contributed by atoms with van der Waals surface area (Å²) in [7, 11) is 1.54. The lowest BCUT2D eigenvalue weighted by Crippen LogP contribution is -2.23. The second-order valence-corrected chi connectivity index (χ2v) is 5.15. The molecule has 0 bridgehead atoms. The van der Waals surface area contributed by atoms with Gasteiger partial charge in [-0.15, -0.1) is 0 Å². The molecule has 0 saturated heterocycles. The van der Waals surface area contributed by atoms with Crippen molar-refractivity contribution in [3.8, 4) is 17.0 Å². The zero-order chi connectivity index (χ0) is 14.4. The summed E-state index contributed by atoms with van der Waals surface area (Å²) < 4.78 is 19.9. The van der Waals surface area contributed by atoms with Gasteiger partial charge in [0.15, 0.2) is 0 Å². The van der Waals surface area contributed by atoms with Crippen LogP contribution in [0.2, 0.25) is 0 Å². The van der Waals surface area contributed by atoms with E-state index in [1.54, 1.807) is 6.20 Å². The van der Waals surface area contributed by atoms with Crippen LogP contribution in [0.4, 0.5) is 4.39 Å². The van der Waals surface area contributed by atoms with Crippen LogP contribution < -0.4 is 10.1 Å². The van der Waals surface area contributed by atoms with Crippen LogP contribution in [0.1, 0.15) is 11.3 Å². The molecule has 5 nitrogen and oxygen atoms in total. The van der Waals surface area contributed by atoms with Crippen LogP contribution in [0, 0.1) is 5.82 Å². The SMILES string of the molecule is COc1cc(F)c(-c2[nH]nc3c2CNCC3)c2cc[nH]c12. The number of fused-ring (bicyclic) bond motifs is 2. The maximum Gasteiger partial charge on any atom is 0.145 e. The number of ether oxygens (including phenoxy) is 1. The Balaban J connectivity index is 2.01. The highest BCUT2D eigenvalue weighted by Crippen LogP contribution is 2.37. The van der Waals surface area contributed by atoms with Gasteiger partial charge < -0.3 is 15.0 Å². The van der Waals surface area contributed by atoms with Gasteiger partial charge in [0.2, 0.25) is 0 Å². The molecule has 3 N–H and O–H groups in total. The Morgan fingerprint density at radius 1 is 1.38 bits per heavy atom. The fourth-order valence-electron chi connectivity index (χ4n) is 3.01. The van der Waals surface area contributed by atoms with E-state index in [2.05, 4.69) is 20.5 Å². The van der Waals surface area contributed by atoms with Crippen molar-refractivity contribution in [2.45, 2.75) is 13.0 Å². The zero-order valence-corrected chi connectivity index (χ0v) is 11.6. The van der Waals surface area contributed by atoms with Gasteiger partial charge in [0.05, 0.1) is 24.0 Å². The first-order valence-electron chi connectivity index (χ1n) is 6.90. The monoisotopic (exact) mass is 286 g/mol. The summed E-state index contributed by atoms with van der Waals surface area (Å²) in [6.45, 7) is 1.61. The number of nitrogens with one attached hydrogen (secondary N) is 3. The quantitative estimate of drug-likeness (QED) is 0.677. The smallest absolute Gasteiger partial charge is 0.145 e. The van der Waals surface area contributed by atoms with Crippen LogP contribution >= 0.6 is 0 Å². The minimum atomic E-state index is -0.309. The van der Waals surface area contributed by atoms with Crippen molar-refractivity contribution in [2.75, 3.05) is 13.7 Å². The second kappa shape index (κ2) is 4.60. The Kier molecular flexibility index (Phi) is 2.71. The van der Waals surface area contributed by atoms with Crippen LogP contribution in [0.25, 0.3) is 22.2 Å². The predicted octanol–water partition coefficient (Wildman–Crippen LogP) is 2.35. The minimum absolute atomic E-state index is 0.309. The van der Waals surface area contributed by atoms with E-state index in [9.17, 15) is 4.39 Å². The van der Waals surface area contributed by atoms with Crippen molar-refractivity contribution >= 4 is 10.9 Å². The molecule has 0 unspecified atom stereocenters. The molecule has 0 aliphatic carbocycles. The summed E-state index contributed by atoms with van der Waals surface area (Å²) in [5.74, 6) is 0.193. The molecule has 0 atom stereocenters. The van der Waals surface area contributed by atoms with Crippen LogP contribution in [0.5, 0.6) is 5.75 Å². The molecule has 108 valence electrons. The Morgan fingerprint density at radius 2 is 2.29 bits per heavy atom. The minimum Gasteiger partial charge on any atom is -0.494 e. The maximum absolute atomic E-state index is 14.6. The largest absolute Gasteiger partial charge is 0.494 e. The number of aromatic nitrogens is 3. The summed E-state index contributed by atoms with van der Waals surface area (Å²) in [6, 6.07) is 3.28. The number of rotatable bonds is 2. The van der Waals surface area contributed by atoms with Gasteiger partial charge in [0, 0.05) is 48.3 Å². The van der Waals surface area contributed by atoms with E-state index in [1.165, 1.54) is 13.2 Å². The third-order valence-electron chi connectivity index (χ3n) is 4.02. The maximum atomic E-state index is 14.6. The molecule has 0 amide bonds. The van der Waals surface area contributed by atoms with E-state index in [4.69, 9.17) is 4.74 Å². The topological polar surface area (TPSA) is 65.7 Å². The third kappa shape index (κ3) is 1.76. The van der Waals surface area contributed by atoms with E-state index >= 15 is 0 Å². The van der Waals surface area contributed by atoms with E-state index in [-0.39, 0.29) is 5.82 Å². The van der Waals surface area contributed by atoms with Gasteiger partial charge in [-0.2, -0.15) is 5.10 Å². The lowest BCUT2D eigenvalue weighted by Gasteiger charge is -2.14. The van der Waals surface area contributed by atoms with Crippen LogP contribution in [-0.4, -0.2) is 28.8 Å². The van der Waals surface area contributed by atoms with E-state index < -0.39 is 0 Å². The number of aromatic amines is 2. The Bertz CT molecular complexity index is 821. The van der Waals surface area contributed by atoms with Crippen molar-refractivity contribution in [2.24, 2.45) is 0 Å². The molecule has 21 heavy (non-hydrogen) atoms. The number of methoxy groups -OCH3 is 1. The van der Waals surface area contributed by atoms with Crippen LogP contribution in [0.3, 0.4) is 0 Å². The van der Waals surface area contributed by atoms with Crippen molar-refractivity contribution in [1.29, 1.82) is 0 Å². The number of nitrogens with zero attached hydrogens (tertiary/aromatic N) is 1. The second-order valence-electron chi connectivity index (χ2n) is 5.15. The van der Waals surface area contributed by atoms with Gasteiger partial charge in [-0.3, -0.25) is 5.10 Å². The van der Waals surface area contributed by atoms with E-state index in [0.29, 0.717) is 17.9 Å². The Hall–Kier alpha value is -2.34. The van der Waals surface area contributed by atoms with Gasteiger partial charge >= 0.3 is 0 Å². The number of hydrogen-bond acceptors (Lipinski definition) is 3. The molecule has 0 spiro atoms. The fraction of sp³-hybridized carbons (Fsp3) is 0.267. The average molecular weight is 286 g/mol. The highest BCUT2D eigenvalue weighted by atomic mass is 19.1. The van der Waals surface area contributed by atoms with Crippen LogP contribution in [-0.2, 0) is 13.0 Å². The van der Waals surface area contributed by atoms with Crippen LogP contribution in [0.15, 0.2) is 18.3 Å². The Labute approximate surface area is 120 Å². The molecule has 0 radical (unpaired) electrons. The fourth-order valence-corrected chi connectivity index (χ4v) is 3.01. The summed E-state index contributed by atoms with van der Waals surface area (Å²) >= 11 is 0. The summed E-state index contributed by atoms with van der Waals surface area (Å²) in [4.78, 5) is 3.11. The lowest BCUT2D eigenvalue weighted by atomic mass is 9.99. The van der Waals surface area contributed by atoms with Gasteiger partial charge in [0.1, 0.15) is 11.6 Å². The standard InChI is InChI=1S/C15H15FN4O/c1-21-12-6-10(16)13(8-2-5-18-14(8)12)15-9-7-17-4-3-11(9)19-20-15/h2,5-6,17-18H,3-4,7H2,1H3,(H,19,20). The molecule has 0 fully saturated rings. The van der Waals surface area contributed by atoms with Crippen molar-refractivity contribution < 1.29 is 9.13 Å². The molecule has 4 rings (SSSR count). The molecule has 1 aliphatic heterocycles. The molecule has 1 aliphatic rings. The van der Waals surface area contributed by atoms with E-state index in [1.807, 2.05) is 6.07 Å². The molecule has 1 aromatic carbocycles. The average Bonchev–Trinajstić information content (AvgIpc) is 3.13. The number of halogens is 1. The molecule has 0 saturated carbocycles. The van der Waals surface area contributed by atoms with Crippen molar-refractivity contribution in [3.05, 3.63) is 35.4 Å². The van der Waals surface area contributed by atoms with E-state index in [0.717, 1.165) is 40.8 Å². The first-order chi connectivity index (χ1) is 10.3. The highest BCUT2D eigenvalue weighted by Gasteiger charge is 2.23. The Morgan fingerprint density at radius 3 is 3.14 bits per heavy atom. The molecule has 2 aromatic heterocycles. The molecule has 3 heterocycles. The third-order valence-corrected chi connectivity index (χ3v) is 4.02. The van der Waals surface area contributed by atoms with Gasteiger partial charge in [0.25, 0.3) is 0 Å². The summed E-state index contributed by atoms with van der Waals surface area (Å²) in [5, 5.41) is 11.4. The van der Waals surface area contributed by atoms with Gasteiger partial charge in [-0.05, 0) is 6.07 Å².